The monoisotopic (exact) mass is 366 g/mol. The number of rotatable bonds is 4. The first-order valence-corrected chi connectivity index (χ1v) is 7.72. The standard InChI is InChI=1S/C14H11BrN2O3S/c15-9-5-6-21-11(9)7-19-12-8-3-1-2-4-10(8)20-13(12)14(16)17-18/h1-6,18H,7H2,(H2,16,17). The molecule has 108 valence electrons. The van der Waals surface area contributed by atoms with Crippen molar-refractivity contribution in [1.29, 1.82) is 0 Å². The molecule has 3 rings (SSSR count). The number of benzene rings is 1. The summed E-state index contributed by atoms with van der Waals surface area (Å²) < 4.78 is 12.4. The molecule has 0 saturated carbocycles. The first-order chi connectivity index (χ1) is 10.2. The van der Waals surface area contributed by atoms with Crippen LogP contribution in [0, 0.1) is 0 Å². The molecule has 0 radical (unpaired) electrons. The molecule has 0 amide bonds. The minimum Gasteiger partial charge on any atom is -0.483 e. The van der Waals surface area contributed by atoms with Crippen molar-refractivity contribution in [3.63, 3.8) is 0 Å². The van der Waals surface area contributed by atoms with E-state index in [2.05, 4.69) is 21.1 Å². The lowest BCUT2D eigenvalue weighted by Gasteiger charge is -2.05. The van der Waals surface area contributed by atoms with Crippen LogP contribution in [-0.2, 0) is 6.61 Å². The average Bonchev–Trinajstić information content (AvgIpc) is 3.08. The second-order valence-electron chi connectivity index (χ2n) is 4.22. The lowest BCUT2D eigenvalue weighted by molar-refractivity contribution is 0.302. The molecular weight excluding hydrogens is 356 g/mol. The van der Waals surface area contributed by atoms with Gasteiger partial charge in [0.2, 0.25) is 11.6 Å². The van der Waals surface area contributed by atoms with E-state index in [4.69, 9.17) is 20.1 Å². The van der Waals surface area contributed by atoms with E-state index in [1.807, 2.05) is 29.6 Å². The third-order valence-corrected chi connectivity index (χ3v) is 4.83. The first kappa shape index (κ1) is 14.0. The number of nitrogens with two attached hydrogens (primary N) is 1. The van der Waals surface area contributed by atoms with E-state index in [1.165, 1.54) is 0 Å². The van der Waals surface area contributed by atoms with E-state index in [-0.39, 0.29) is 11.6 Å². The molecule has 0 spiro atoms. The summed E-state index contributed by atoms with van der Waals surface area (Å²) in [5.41, 5.74) is 6.28. The van der Waals surface area contributed by atoms with Crippen molar-refractivity contribution < 1.29 is 14.4 Å². The van der Waals surface area contributed by atoms with Gasteiger partial charge in [0.15, 0.2) is 5.75 Å². The summed E-state index contributed by atoms with van der Waals surface area (Å²) in [6.45, 7) is 0.369. The highest BCUT2D eigenvalue weighted by molar-refractivity contribution is 9.10. The number of amidine groups is 1. The number of hydrogen-bond acceptors (Lipinski definition) is 5. The van der Waals surface area contributed by atoms with Crippen molar-refractivity contribution >= 4 is 44.1 Å². The average molecular weight is 367 g/mol. The van der Waals surface area contributed by atoms with Gasteiger partial charge in [-0.05, 0) is 39.5 Å². The molecule has 0 bridgehead atoms. The Balaban J connectivity index is 2.01. The molecule has 2 heterocycles. The molecular formula is C14H11BrN2O3S. The summed E-state index contributed by atoms with van der Waals surface area (Å²) >= 11 is 5.04. The fraction of sp³-hybridized carbons (Fsp3) is 0.0714. The normalized spacial score (nSPS) is 12.0. The molecule has 0 aliphatic rings. The van der Waals surface area contributed by atoms with E-state index in [1.54, 1.807) is 17.4 Å². The summed E-state index contributed by atoms with van der Waals surface area (Å²) in [6, 6.07) is 9.36. The van der Waals surface area contributed by atoms with Crippen molar-refractivity contribution in [1.82, 2.24) is 0 Å². The highest BCUT2D eigenvalue weighted by atomic mass is 79.9. The molecule has 3 N–H and O–H groups in total. The van der Waals surface area contributed by atoms with Gasteiger partial charge < -0.3 is 20.1 Å². The Bertz CT molecular complexity index is 810. The molecule has 3 aromatic rings. The van der Waals surface area contributed by atoms with Gasteiger partial charge in [0.05, 0.1) is 10.3 Å². The third-order valence-electron chi connectivity index (χ3n) is 2.93. The van der Waals surface area contributed by atoms with E-state index in [0.29, 0.717) is 17.9 Å². The van der Waals surface area contributed by atoms with Crippen LogP contribution in [0.25, 0.3) is 11.0 Å². The third kappa shape index (κ3) is 2.62. The Labute approximate surface area is 132 Å². The van der Waals surface area contributed by atoms with Gasteiger partial charge in [0.25, 0.3) is 0 Å². The summed E-state index contributed by atoms with van der Waals surface area (Å²) in [5, 5.41) is 14.6. The molecule has 2 aromatic heterocycles. The molecule has 0 aliphatic heterocycles. The van der Waals surface area contributed by atoms with Gasteiger partial charge in [-0.3, -0.25) is 0 Å². The number of fused-ring (bicyclic) bond motifs is 1. The minimum absolute atomic E-state index is 0.119. The summed E-state index contributed by atoms with van der Waals surface area (Å²) in [5.74, 6) is 0.582. The van der Waals surface area contributed by atoms with Gasteiger partial charge in [0, 0.05) is 4.47 Å². The van der Waals surface area contributed by atoms with Crippen molar-refractivity contribution in [2.45, 2.75) is 6.61 Å². The molecule has 0 saturated heterocycles. The van der Waals surface area contributed by atoms with Crippen LogP contribution in [0.4, 0.5) is 0 Å². The number of furan rings is 1. The predicted molar refractivity (Wildman–Crippen MR) is 85.1 cm³/mol. The van der Waals surface area contributed by atoms with Crippen LogP contribution in [0.5, 0.6) is 5.75 Å². The SMILES string of the molecule is N/C(=N/O)c1oc2ccccc2c1OCc1sccc1Br. The molecule has 0 aliphatic carbocycles. The Hall–Kier alpha value is -1.99. The molecule has 1 aromatic carbocycles. The van der Waals surface area contributed by atoms with Crippen molar-refractivity contribution in [3.8, 4) is 5.75 Å². The summed E-state index contributed by atoms with van der Waals surface area (Å²) in [6.07, 6.45) is 0. The maximum Gasteiger partial charge on any atom is 0.215 e. The molecule has 0 unspecified atom stereocenters. The van der Waals surface area contributed by atoms with Crippen molar-refractivity contribution in [2.24, 2.45) is 10.9 Å². The first-order valence-electron chi connectivity index (χ1n) is 6.05. The zero-order valence-electron chi connectivity index (χ0n) is 10.7. The van der Waals surface area contributed by atoms with Gasteiger partial charge in [-0.25, -0.2) is 0 Å². The second-order valence-corrected chi connectivity index (χ2v) is 6.08. The molecule has 0 atom stereocenters. The number of ether oxygens (including phenoxy) is 1. The topological polar surface area (TPSA) is 81.0 Å². The molecule has 0 fully saturated rings. The van der Waals surface area contributed by atoms with Crippen LogP contribution >= 0.6 is 27.3 Å². The number of thiophene rings is 1. The van der Waals surface area contributed by atoms with Crippen LogP contribution in [0.15, 0.2) is 49.8 Å². The maximum atomic E-state index is 8.88. The van der Waals surface area contributed by atoms with Crippen molar-refractivity contribution in [2.75, 3.05) is 0 Å². The second kappa shape index (κ2) is 5.79. The Morgan fingerprint density at radius 3 is 2.90 bits per heavy atom. The maximum absolute atomic E-state index is 8.88. The number of oxime groups is 1. The zero-order valence-corrected chi connectivity index (χ0v) is 13.1. The molecule has 7 heteroatoms. The Morgan fingerprint density at radius 2 is 2.19 bits per heavy atom. The largest absolute Gasteiger partial charge is 0.483 e. The fourth-order valence-corrected chi connectivity index (χ4v) is 3.32. The lowest BCUT2D eigenvalue weighted by atomic mass is 10.2. The lowest BCUT2D eigenvalue weighted by Crippen LogP contribution is -2.13. The van der Waals surface area contributed by atoms with Gasteiger partial charge >= 0.3 is 0 Å². The zero-order chi connectivity index (χ0) is 14.8. The van der Waals surface area contributed by atoms with Crippen LogP contribution in [-0.4, -0.2) is 11.0 Å². The van der Waals surface area contributed by atoms with E-state index < -0.39 is 0 Å². The minimum atomic E-state index is -0.119. The Morgan fingerprint density at radius 1 is 1.38 bits per heavy atom. The number of para-hydroxylation sites is 1. The smallest absolute Gasteiger partial charge is 0.215 e. The number of hydrogen-bond donors (Lipinski definition) is 2. The van der Waals surface area contributed by atoms with Gasteiger partial charge in [-0.1, -0.05) is 17.3 Å². The Kier molecular flexibility index (Phi) is 3.85. The van der Waals surface area contributed by atoms with Crippen LogP contribution in [0.2, 0.25) is 0 Å². The number of halogens is 1. The van der Waals surface area contributed by atoms with E-state index in [9.17, 15) is 0 Å². The fourth-order valence-electron chi connectivity index (χ4n) is 1.94. The number of nitrogens with zero attached hydrogens (tertiary/aromatic N) is 1. The van der Waals surface area contributed by atoms with Crippen LogP contribution in [0.3, 0.4) is 0 Å². The van der Waals surface area contributed by atoms with E-state index >= 15 is 0 Å². The summed E-state index contributed by atoms with van der Waals surface area (Å²) in [7, 11) is 0. The quantitative estimate of drug-likeness (QED) is 0.317. The van der Waals surface area contributed by atoms with Crippen LogP contribution in [0.1, 0.15) is 10.6 Å². The van der Waals surface area contributed by atoms with Gasteiger partial charge in [-0.15, -0.1) is 11.3 Å². The highest BCUT2D eigenvalue weighted by Crippen LogP contribution is 2.34. The van der Waals surface area contributed by atoms with E-state index in [0.717, 1.165) is 14.7 Å². The van der Waals surface area contributed by atoms with Gasteiger partial charge in [-0.2, -0.15) is 0 Å². The summed E-state index contributed by atoms with van der Waals surface area (Å²) in [4.78, 5) is 1.05. The molecule has 21 heavy (non-hydrogen) atoms. The van der Waals surface area contributed by atoms with Gasteiger partial charge in [0.1, 0.15) is 12.2 Å². The molecule has 5 nitrogen and oxygen atoms in total. The van der Waals surface area contributed by atoms with Crippen molar-refractivity contribution in [3.05, 3.63) is 50.8 Å². The van der Waals surface area contributed by atoms with Crippen LogP contribution < -0.4 is 10.5 Å². The highest BCUT2D eigenvalue weighted by Gasteiger charge is 2.19. The predicted octanol–water partition coefficient (Wildman–Crippen LogP) is 3.93.